The van der Waals surface area contributed by atoms with Crippen molar-refractivity contribution in [2.45, 2.75) is 4.90 Å². The molecule has 0 saturated carbocycles. The zero-order chi connectivity index (χ0) is 19.2. The number of hydrazone groups is 1. The number of benzene rings is 1. The lowest BCUT2D eigenvalue weighted by Gasteiger charge is -2.11. The van der Waals surface area contributed by atoms with Gasteiger partial charge in [0.2, 0.25) is 10.0 Å². The average molecular weight is 378 g/mol. The Labute approximate surface area is 150 Å². The number of sulfonamides is 1. The molecule has 1 aromatic heterocycles. The summed E-state index contributed by atoms with van der Waals surface area (Å²) >= 11 is 0. The molecule has 0 aliphatic carbocycles. The third kappa shape index (κ3) is 5.01. The van der Waals surface area contributed by atoms with Gasteiger partial charge in [-0.3, -0.25) is 9.59 Å². The van der Waals surface area contributed by atoms with Crippen molar-refractivity contribution in [1.29, 1.82) is 0 Å². The van der Waals surface area contributed by atoms with Crippen molar-refractivity contribution in [3.63, 3.8) is 0 Å². The summed E-state index contributed by atoms with van der Waals surface area (Å²) in [6.07, 6.45) is 2.79. The van der Waals surface area contributed by atoms with E-state index in [1.54, 1.807) is 12.1 Å². The molecule has 9 nitrogen and oxygen atoms in total. The second kappa shape index (κ2) is 8.41. The van der Waals surface area contributed by atoms with Crippen molar-refractivity contribution in [1.82, 2.24) is 15.0 Å². The van der Waals surface area contributed by atoms with Gasteiger partial charge in [0.1, 0.15) is 5.76 Å². The van der Waals surface area contributed by atoms with Gasteiger partial charge in [-0.25, -0.2) is 18.1 Å². The van der Waals surface area contributed by atoms with Gasteiger partial charge < -0.3 is 9.73 Å². The fraction of sp³-hybridized carbons (Fsp3) is 0.188. The first-order valence-electron chi connectivity index (χ1n) is 7.47. The molecule has 0 radical (unpaired) electrons. The van der Waals surface area contributed by atoms with E-state index in [0.717, 1.165) is 4.31 Å². The molecule has 0 bridgehead atoms. The molecule has 0 aliphatic rings. The number of amides is 2. The molecule has 1 aromatic carbocycles. The molecule has 2 aromatic rings. The van der Waals surface area contributed by atoms with Crippen LogP contribution in [0.15, 0.2) is 57.1 Å². The first-order valence-corrected chi connectivity index (χ1v) is 8.91. The Morgan fingerprint density at radius 1 is 1.19 bits per heavy atom. The van der Waals surface area contributed by atoms with Gasteiger partial charge in [0.15, 0.2) is 0 Å². The molecule has 0 fully saturated rings. The number of carbonyl (C=O) groups is 2. The van der Waals surface area contributed by atoms with E-state index >= 15 is 0 Å². The van der Waals surface area contributed by atoms with Gasteiger partial charge in [-0.2, -0.15) is 5.10 Å². The summed E-state index contributed by atoms with van der Waals surface area (Å²) in [6, 6.07) is 8.75. The highest BCUT2D eigenvalue weighted by Crippen LogP contribution is 2.13. The van der Waals surface area contributed by atoms with E-state index in [4.69, 9.17) is 4.42 Å². The molecule has 0 unspecified atom stereocenters. The summed E-state index contributed by atoms with van der Waals surface area (Å²) < 4.78 is 30.0. The van der Waals surface area contributed by atoms with Crippen LogP contribution in [0.25, 0.3) is 0 Å². The monoisotopic (exact) mass is 378 g/mol. The Balaban J connectivity index is 1.86. The van der Waals surface area contributed by atoms with Crippen LogP contribution in [-0.2, 0) is 14.8 Å². The quantitative estimate of drug-likeness (QED) is 0.534. The number of nitrogens with one attached hydrogen (secondary N) is 2. The first kappa shape index (κ1) is 19.3. The second-order valence-electron chi connectivity index (χ2n) is 5.30. The number of nitrogens with zero attached hydrogens (tertiary/aromatic N) is 2. The van der Waals surface area contributed by atoms with Crippen LogP contribution in [-0.4, -0.2) is 51.4 Å². The minimum absolute atomic E-state index is 0.0732. The molecular weight excluding hydrogens is 360 g/mol. The number of carbonyl (C=O) groups excluding carboxylic acids is 2. The van der Waals surface area contributed by atoms with E-state index < -0.39 is 21.8 Å². The first-order chi connectivity index (χ1) is 12.3. The van der Waals surface area contributed by atoms with Gasteiger partial charge in [-0.05, 0) is 36.4 Å². The van der Waals surface area contributed by atoms with Crippen LogP contribution in [0.4, 0.5) is 0 Å². The average Bonchev–Trinajstić information content (AvgIpc) is 3.13. The Hall–Kier alpha value is -2.98. The molecule has 10 heteroatoms. The fourth-order valence-electron chi connectivity index (χ4n) is 1.82. The maximum Gasteiger partial charge on any atom is 0.259 e. The van der Waals surface area contributed by atoms with Crippen molar-refractivity contribution in [2.24, 2.45) is 5.10 Å². The molecular formula is C16H18N4O5S. The van der Waals surface area contributed by atoms with Gasteiger partial charge in [0, 0.05) is 19.7 Å². The normalized spacial score (nSPS) is 11.7. The largest absolute Gasteiger partial charge is 0.463 e. The predicted molar refractivity (Wildman–Crippen MR) is 94.1 cm³/mol. The van der Waals surface area contributed by atoms with Gasteiger partial charge in [0.25, 0.3) is 11.8 Å². The van der Waals surface area contributed by atoms with E-state index in [2.05, 4.69) is 15.8 Å². The smallest absolute Gasteiger partial charge is 0.259 e. The van der Waals surface area contributed by atoms with Gasteiger partial charge in [-0.1, -0.05) is 0 Å². The van der Waals surface area contributed by atoms with Crippen molar-refractivity contribution in [3.8, 4) is 0 Å². The fourth-order valence-corrected chi connectivity index (χ4v) is 2.73. The molecule has 2 rings (SSSR count). The van der Waals surface area contributed by atoms with Crippen LogP contribution in [0.3, 0.4) is 0 Å². The molecule has 0 atom stereocenters. The van der Waals surface area contributed by atoms with Crippen LogP contribution < -0.4 is 10.7 Å². The highest BCUT2D eigenvalue weighted by atomic mass is 32.2. The van der Waals surface area contributed by atoms with Crippen LogP contribution >= 0.6 is 0 Å². The van der Waals surface area contributed by atoms with E-state index in [-0.39, 0.29) is 17.0 Å². The van der Waals surface area contributed by atoms with Crippen molar-refractivity contribution < 1.29 is 22.4 Å². The Kier molecular flexibility index (Phi) is 6.26. The summed E-state index contributed by atoms with van der Waals surface area (Å²) in [6.45, 7) is -0.286. The van der Waals surface area contributed by atoms with Crippen LogP contribution in [0, 0.1) is 0 Å². The predicted octanol–water partition coefficient (Wildman–Crippen LogP) is 0.410. The molecule has 0 saturated heterocycles. The van der Waals surface area contributed by atoms with E-state index in [0.29, 0.717) is 5.76 Å². The third-order valence-electron chi connectivity index (χ3n) is 3.23. The third-order valence-corrected chi connectivity index (χ3v) is 5.06. The van der Waals surface area contributed by atoms with Crippen LogP contribution in [0.5, 0.6) is 0 Å². The molecule has 26 heavy (non-hydrogen) atoms. The highest BCUT2D eigenvalue weighted by Gasteiger charge is 2.17. The minimum atomic E-state index is -3.56. The lowest BCUT2D eigenvalue weighted by Crippen LogP contribution is -2.34. The molecule has 0 aliphatic heterocycles. The molecule has 2 N–H and O–H groups in total. The summed E-state index contributed by atoms with van der Waals surface area (Å²) in [5.74, 6) is -0.556. The van der Waals surface area contributed by atoms with Crippen molar-refractivity contribution >= 4 is 28.1 Å². The molecule has 138 valence electrons. The molecule has 2 amide bonds. The van der Waals surface area contributed by atoms with Gasteiger partial charge in [0.05, 0.1) is 23.9 Å². The van der Waals surface area contributed by atoms with E-state index in [1.807, 2.05) is 0 Å². The zero-order valence-corrected chi connectivity index (χ0v) is 15.0. The number of furan rings is 1. The van der Waals surface area contributed by atoms with Crippen molar-refractivity contribution in [2.75, 3.05) is 20.6 Å². The number of hydrogen-bond donors (Lipinski definition) is 2. The van der Waals surface area contributed by atoms with Crippen LogP contribution in [0.2, 0.25) is 0 Å². The van der Waals surface area contributed by atoms with E-state index in [1.165, 1.54) is 50.8 Å². The Morgan fingerprint density at radius 2 is 1.88 bits per heavy atom. The molecule has 1 heterocycles. The standard InChI is InChI=1S/C16H18N4O5S/c1-20(2)26(23,24)14-7-5-12(6-8-14)16(22)17-11-15(21)19-18-10-13-4-3-9-25-13/h3-10H,11H2,1-2H3,(H,17,22)(H,19,21). The summed E-state index contributed by atoms with van der Waals surface area (Å²) in [7, 11) is -0.721. The number of rotatable bonds is 7. The zero-order valence-electron chi connectivity index (χ0n) is 14.2. The Morgan fingerprint density at radius 3 is 2.46 bits per heavy atom. The van der Waals surface area contributed by atoms with Crippen LogP contribution in [0.1, 0.15) is 16.1 Å². The summed E-state index contributed by atoms with van der Waals surface area (Å²) in [4.78, 5) is 23.7. The lowest BCUT2D eigenvalue weighted by atomic mass is 10.2. The van der Waals surface area contributed by atoms with Gasteiger partial charge in [-0.15, -0.1) is 0 Å². The van der Waals surface area contributed by atoms with Gasteiger partial charge >= 0.3 is 0 Å². The van der Waals surface area contributed by atoms with E-state index in [9.17, 15) is 18.0 Å². The lowest BCUT2D eigenvalue weighted by molar-refractivity contribution is -0.120. The maximum absolute atomic E-state index is 12.0. The summed E-state index contributed by atoms with van der Waals surface area (Å²) in [5.41, 5.74) is 2.47. The topological polar surface area (TPSA) is 121 Å². The highest BCUT2D eigenvalue weighted by molar-refractivity contribution is 7.89. The number of hydrogen-bond acceptors (Lipinski definition) is 6. The Bertz CT molecular complexity index is 887. The maximum atomic E-state index is 12.0. The second-order valence-corrected chi connectivity index (χ2v) is 7.45. The molecule has 0 spiro atoms. The van der Waals surface area contributed by atoms with Crippen molar-refractivity contribution in [3.05, 3.63) is 54.0 Å². The minimum Gasteiger partial charge on any atom is -0.463 e. The SMILES string of the molecule is CN(C)S(=O)(=O)c1ccc(C(=O)NCC(=O)NN=Cc2ccco2)cc1. The summed E-state index contributed by atoms with van der Waals surface area (Å²) in [5, 5.41) is 6.09.